The fourth-order valence-electron chi connectivity index (χ4n) is 4.35. The second-order valence-corrected chi connectivity index (χ2v) is 10.8. The van der Waals surface area contributed by atoms with Crippen LogP contribution in [-0.2, 0) is 22.6 Å². The van der Waals surface area contributed by atoms with Gasteiger partial charge >= 0.3 is 5.97 Å². The van der Waals surface area contributed by atoms with E-state index >= 15 is 0 Å². The van der Waals surface area contributed by atoms with E-state index in [1.807, 2.05) is 30.3 Å². The van der Waals surface area contributed by atoms with Gasteiger partial charge in [0.15, 0.2) is 0 Å². The second kappa shape index (κ2) is 10.3. The summed E-state index contributed by atoms with van der Waals surface area (Å²) in [6, 6.07) is 20.5. The lowest BCUT2D eigenvalue weighted by atomic mass is 9.90. The number of carboxylic acids is 1. The molecule has 186 valence electrons. The first-order chi connectivity index (χ1) is 17.4. The smallest absolute Gasteiger partial charge is 0.303 e. The molecule has 0 aliphatic carbocycles. The van der Waals surface area contributed by atoms with Crippen LogP contribution < -0.4 is 9.47 Å². The Bertz CT molecular complexity index is 1370. The number of thiophene rings is 1. The highest BCUT2D eigenvalue weighted by atomic mass is 32.1. The van der Waals surface area contributed by atoms with Gasteiger partial charge in [0.2, 0.25) is 0 Å². The minimum Gasteiger partial charge on any atom is -0.493 e. The van der Waals surface area contributed by atoms with Crippen molar-refractivity contribution in [2.24, 2.45) is 5.41 Å². The topological polar surface area (TPSA) is 65.0 Å². The predicted molar refractivity (Wildman–Crippen MR) is 143 cm³/mol. The molecule has 1 saturated heterocycles. The molecule has 5 rings (SSSR count). The lowest BCUT2D eigenvalue weighted by Gasteiger charge is -2.37. The van der Waals surface area contributed by atoms with Gasteiger partial charge in [0.05, 0.1) is 19.8 Å². The molecule has 0 atom stereocenters. The second-order valence-electron chi connectivity index (χ2n) is 9.88. The van der Waals surface area contributed by atoms with Gasteiger partial charge in [0, 0.05) is 27.5 Å². The number of aryl methyl sites for hydroxylation is 2. The van der Waals surface area contributed by atoms with Crippen LogP contribution in [0.4, 0.5) is 0 Å². The van der Waals surface area contributed by atoms with Crippen molar-refractivity contribution in [3.63, 3.8) is 0 Å². The summed E-state index contributed by atoms with van der Waals surface area (Å²) >= 11 is 1.73. The van der Waals surface area contributed by atoms with E-state index < -0.39 is 5.97 Å². The van der Waals surface area contributed by atoms with Crippen LogP contribution in [0.2, 0.25) is 0 Å². The van der Waals surface area contributed by atoms with E-state index in [9.17, 15) is 4.79 Å². The lowest BCUT2D eigenvalue weighted by molar-refractivity contribution is -0.136. The molecule has 0 bridgehead atoms. The van der Waals surface area contributed by atoms with E-state index in [0.717, 1.165) is 35.8 Å². The molecule has 0 saturated carbocycles. The molecule has 0 radical (unpaired) electrons. The molecule has 4 aromatic rings. The molecule has 1 fully saturated rings. The van der Waals surface area contributed by atoms with E-state index in [2.05, 4.69) is 49.6 Å². The Kier molecular flexibility index (Phi) is 6.99. The van der Waals surface area contributed by atoms with Gasteiger partial charge in [-0.3, -0.25) is 4.79 Å². The summed E-state index contributed by atoms with van der Waals surface area (Å²) in [5.74, 6) is 0.937. The van der Waals surface area contributed by atoms with Crippen LogP contribution in [0.3, 0.4) is 0 Å². The Labute approximate surface area is 215 Å². The Hall–Kier alpha value is -3.35. The Morgan fingerprint density at radius 3 is 2.39 bits per heavy atom. The average molecular weight is 503 g/mol. The van der Waals surface area contributed by atoms with Crippen molar-refractivity contribution in [2.75, 3.05) is 19.8 Å². The number of carboxylic acid groups (broad SMARTS) is 1. The van der Waals surface area contributed by atoms with Crippen LogP contribution in [0.25, 0.3) is 21.2 Å². The van der Waals surface area contributed by atoms with Gasteiger partial charge in [-0.05, 0) is 71.3 Å². The van der Waals surface area contributed by atoms with Crippen molar-refractivity contribution < 1.29 is 24.1 Å². The van der Waals surface area contributed by atoms with Gasteiger partial charge in [0.1, 0.15) is 18.1 Å². The molecule has 3 aromatic carbocycles. The molecule has 0 amide bonds. The largest absolute Gasteiger partial charge is 0.493 e. The quantitative estimate of drug-likeness (QED) is 0.256. The minimum atomic E-state index is -0.779. The SMILES string of the molecule is Cc1cc(OCC2(C)COC2)ccc1-c1csc2ccc(OCc3ccc(CCC(=O)O)cc3)cc12. The maximum atomic E-state index is 10.8. The Balaban J connectivity index is 1.27. The van der Waals surface area contributed by atoms with Crippen molar-refractivity contribution in [1.29, 1.82) is 0 Å². The predicted octanol–water partition coefficient (Wildman–Crippen LogP) is 6.89. The van der Waals surface area contributed by atoms with Crippen LogP contribution >= 0.6 is 11.3 Å². The third-order valence-electron chi connectivity index (χ3n) is 6.58. The first-order valence-electron chi connectivity index (χ1n) is 12.1. The summed E-state index contributed by atoms with van der Waals surface area (Å²) in [6.07, 6.45) is 0.678. The van der Waals surface area contributed by atoms with Crippen molar-refractivity contribution in [3.05, 3.63) is 82.7 Å². The number of carbonyl (C=O) groups is 1. The third kappa shape index (κ3) is 5.55. The number of hydrogen-bond donors (Lipinski definition) is 1. The zero-order chi connectivity index (χ0) is 25.1. The monoisotopic (exact) mass is 502 g/mol. The minimum absolute atomic E-state index is 0.120. The zero-order valence-corrected chi connectivity index (χ0v) is 21.4. The summed E-state index contributed by atoms with van der Waals surface area (Å²) in [5.41, 5.74) is 5.76. The number of rotatable bonds is 10. The molecule has 0 spiro atoms. The molecular weight excluding hydrogens is 472 g/mol. The normalized spacial score (nSPS) is 14.4. The number of ether oxygens (including phenoxy) is 3. The van der Waals surface area contributed by atoms with Gasteiger partial charge in [-0.25, -0.2) is 0 Å². The number of fused-ring (bicyclic) bond motifs is 1. The van der Waals surface area contributed by atoms with Crippen LogP contribution in [0, 0.1) is 12.3 Å². The van der Waals surface area contributed by atoms with Gasteiger partial charge in [-0.2, -0.15) is 0 Å². The molecule has 6 heteroatoms. The summed E-state index contributed by atoms with van der Waals surface area (Å²) in [5, 5.41) is 12.2. The lowest BCUT2D eigenvalue weighted by Crippen LogP contribution is -2.44. The maximum absolute atomic E-state index is 10.8. The summed E-state index contributed by atoms with van der Waals surface area (Å²) in [7, 11) is 0. The van der Waals surface area contributed by atoms with Crippen LogP contribution in [0.5, 0.6) is 11.5 Å². The molecule has 1 aromatic heterocycles. The summed E-state index contributed by atoms with van der Waals surface area (Å²) in [4.78, 5) is 10.8. The van der Waals surface area contributed by atoms with Gasteiger partial charge < -0.3 is 19.3 Å². The zero-order valence-electron chi connectivity index (χ0n) is 20.6. The highest BCUT2D eigenvalue weighted by Crippen LogP contribution is 2.38. The third-order valence-corrected chi connectivity index (χ3v) is 7.54. The van der Waals surface area contributed by atoms with Crippen molar-refractivity contribution >= 4 is 27.4 Å². The summed E-state index contributed by atoms with van der Waals surface area (Å²) in [6.45, 7) is 6.95. The van der Waals surface area contributed by atoms with Crippen molar-refractivity contribution in [2.45, 2.75) is 33.3 Å². The van der Waals surface area contributed by atoms with Crippen molar-refractivity contribution in [3.8, 4) is 22.6 Å². The first-order valence-corrected chi connectivity index (χ1v) is 13.0. The van der Waals surface area contributed by atoms with Gasteiger partial charge in [0.25, 0.3) is 0 Å². The van der Waals surface area contributed by atoms with E-state index in [-0.39, 0.29) is 11.8 Å². The Morgan fingerprint density at radius 2 is 1.69 bits per heavy atom. The molecule has 2 heterocycles. The molecule has 1 N–H and O–H groups in total. The van der Waals surface area contributed by atoms with Crippen LogP contribution in [0.15, 0.2) is 66.0 Å². The molecule has 36 heavy (non-hydrogen) atoms. The van der Waals surface area contributed by atoms with Crippen LogP contribution in [-0.4, -0.2) is 30.9 Å². The molecule has 0 unspecified atom stereocenters. The Morgan fingerprint density at radius 1 is 0.972 bits per heavy atom. The average Bonchev–Trinajstić information content (AvgIpc) is 3.27. The van der Waals surface area contributed by atoms with Crippen LogP contribution in [0.1, 0.15) is 30.0 Å². The van der Waals surface area contributed by atoms with E-state index in [4.69, 9.17) is 19.3 Å². The maximum Gasteiger partial charge on any atom is 0.303 e. The fourth-order valence-corrected chi connectivity index (χ4v) is 5.29. The first kappa shape index (κ1) is 24.3. The standard InChI is InChI=1S/C30H30O5S/c1-20-13-23(35-19-30(2)17-33-18-30)8-10-25(20)27-16-36-28-11-9-24(14-26(27)28)34-15-22-5-3-21(4-6-22)7-12-29(31)32/h3-6,8-11,13-14,16H,7,12,15,17-19H2,1-2H3,(H,31,32). The highest BCUT2D eigenvalue weighted by molar-refractivity contribution is 7.17. The van der Waals surface area contributed by atoms with E-state index in [1.54, 1.807) is 11.3 Å². The van der Waals surface area contributed by atoms with Gasteiger partial charge in [-0.15, -0.1) is 11.3 Å². The fraction of sp³-hybridized carbons (Fsp3) is 0.300. The van der Waals surface area contributed by atoms with E-state index in [0.29, 0.717) is 19.6 Å². The molecule has 1 aliphatic heterocycles. The number of hydrogen-bond acceptors (Lipinski definition) is 5. The van der Waals surface area contributed by atoms with E-state index in [1.165, 1.54) is 26.8 Å². The summed E-state index contributed by atoms with van der Waals surface area (Å²) < 4.78 is 18.7. The number of benzene rings is 3. The molecule has 1 aliphatic rings. The molecular formula is C30H30O5S. The van der Waals surface area contributed by atoms with Gasteiger partial charge in [-0.1, -0.05) is 37.3 Å². The van der Waals surface area contributed by atoms with Crippen molar-refractivity contribution in [1.82, 2.24) is 0 Å². The molecule has 5 nitrogen and oxygen atoms in total. The highest BCUT2D eigenvalue weighted by Gasteiger charge is 2.34. The number of aliphatic carboxylic acids is 1.